The van der Waals surface area contributed by atoms with Crippen LogP contribution in [0.3, 0.4) is 0 Å². The van der Waals surface area contributed by atoms with Gasteiger partial charge in [0.05, 0.1) is 6.61 Å². The van der Waals surface area contributed by atoms with Crippen LogP contribution in [-0.2, 0) is 28.2 Å². The largest absolute Gasteiger partial charge is 0.469 e. The summed E-state index contributed by atoms with van der Waals surface area (Å²) in [6.45, 7) is 3.52. The molecule has 0 radical (unpaired) electrons. The van der Waals surface area contributed by atoms with Crippen molar-refractivity contribution in [3.8, 4) is 0 Å². The zero-order valence-corrected chi connectivity index (χ0v) is 28.9. The molecular weight excluding hydrogens is 591 g/mol. The van der Waals surface area contributed by atoms with E-state index in [1.165, 1.54) is 51.4 Å². The highest BCUT2D eigenvalue weighted by atomic mass is 31.2. The molecule has 0 unspecified atom stereocenters. The van der Waals surface area contributed by atoms with E-state index in [0.717, 1.165) is 44.9 Å². The molecule has 0 bridgehead atoms. The number of rotatable bonds is 30. The van der Waals surface area contributed by atoms with E-state index in [1.807, 2.05) is 12.2 Å². The average Bonchev–Trinajstić information content (AvgIpc) is 3.00. The summed E-state index contributed by atoms with van der Waals surface area (Å²) >= 11 is 0. The first-order chi connectivity index (χ1) is 21.8. The van der Waals surface area contributed by atoms with Gasteiger partial charge in [-0.15, -0.1) is 0 Å². The molecule has 0 spiro atoms. The third-order valence-corrected chi connectivity index (χ3v) is 7.29. The van der Waals surface area contributed by atoms with Crippen LogP contribution in [0.5, 0.6) is 0 Å². The van der Waals surface area contributed by atoms with Crippen LogP contribution in [0.15, 0.2) is 60.8 Å². The van der Waals surface area contributed by atoms with E-state index in [9.17, 15) is 14.2 Å². The molecule has 2 N–H and O–H groups in total. The first-order valence-electron chi connectivity index (χ1n) is 17.1. The Labute approximate surface area is 273 Å². The van der Waals surface area contributed by atoms with Crippen LogP contribution in [0.2, 0.25) is 0 Å². The van der Waals surface area contributed by atoms with Crippen molar-refractivity contribution in [2.45, 2.75) is 142 Å². The molecular formula is C36H61O8P. The normalized spacial score (nSPS) is 13.2. The second kappa shape index (κ2) is 31.7. The van der Waals surface area contributed by atoms with E-state index in [1.54, 1.807) is 0 Å². The predicted octanol–water partition coefficient (Wildman–Crippen LogP) is 9.78. The van der Waals surface area contributed by atoms with E-state index >= 15 is 0 Å². The molecule has 0 fully saturated rings. The van der Waals surface area contributed by atoms with E-state index < -0.39 is 32.5 Å². The summed E-state index contributed by atoms with van der Waals surface area (Å²) < 4.78 is 26.1. The van der Waals surface area contributed by atoms with Gasteiger partial charge in [0.1, 0.15) is 6.61 Å². The maximum Gasteiger partial charge on any atom is 0.469 e. The molecule has 9 heteroatoms. The van der Waals surface area contributed by atoms with Gasteiger partial charge < -0.3 is 19.3 Å². The van der Waals surface area contributed by atoms with Crippen molar-refractivity contribution in [1.82, 2.24) is 0 Å². The molecule has 1 atom stereocenters. The summed E-state index contributed by atoms with van der Waals surface area (Å²) in [4.78, 5) is 42.4. The van der Waals surface area contributed by atoms with Crippen LogP contribution < -0.4 is 0 Å². The van der Waals surface area contributed by atoms with Crippen molar-refractivity contribution in [1.29, 1.82) is 0 Å². The number of carbonyl (C=O) groups excluding carboxylic acids is 2. The summed E-state index contributed by atoms with van der Waals surface area (Å²) in [5.41, 5.74) is 0. The Bertz CT molecular complexity index is 916. The molecule has 0 aliphatic carbocycles. The number of phosphoric acid groups is 1. The van der Waals surface area contributed by atoms with E-state index in [-0.39, 0.29) is 19.4 Å². The number of ether oxygens (including phenoxy) is 2. The van der Waals surface area contributed by atoms with Crippen LogP contribution >= 0.6 is 7.82 Å². The maximum atomic E-state index is 12.3. The molecule has 0 aromatic carbocycles. The third kappa shape index (κ3) is 34.5. The monoisotopic (exact) mass is 652 g/mol. The Morgan fingerprint density at radius 2 is 1.04 bits per heavy atom. The highest BCUT2D eigenvalue weighted by molar-refractivity contribution is 7.46. The first-order valence-corrected chi connectivity index (χ1v) is 18.6. The number of phosphoric ester groups is 1. The molecule has 0 aliphatic heterocycles. The highest BCUT2D eigenvalue weighted by Crippen LogP contribution is 2.35. The van der Waals surface area contributed by atoms with Crippen molar-refractivity contribution in [3.05, 3.63) is 60.8 Å². The van der Waals surface area contributed by atoms with Gasteiger partial charge in [0, 0.05) is 12.8 Å². The van der Waals surface area contributed by atoms with Crippen molar-refractivity contribution < 1.29 is 37.9 Å². The van der Waals surface area contributed by atoms with Gasteiger partial charge in [-0.05, 0) is 51.4 Å². The van der Waals surface area contributed by atoms with E-state index in [4.69, 9.17) is 19.3 Å². The minimum absolute atomic E-state index is 0.0870. The van der Waals surface area contributed by atoms with Gasteiger partial charge >= 0.3 is 19.8 Å². The lowest BCUT2D eigenvalue weighted by Crippen LogP contribution is -2.29. The van der Waals surface area contributed by atoms with Crippen molar-refractivity contribution in [3.63, 3.8) is 0 Å². The van der Waals surface area contributed by atoms with Gasteiger partial charge in [-0.3, -0.25) is 14.1 Å². The summed E-state index contributed by atoms with van der Waals surface area (Å²) in [5.74, 6) is -0.992. The Balaban J connectivity index is 4.15. The van der Waals surface area contributed by atoms with Crippen molar-refractivity contribution >= 4 is 19.8 Å². The standard InChI is InChI=1S/C36H61O8P/c1-3-5-7-9-11-13-14-15-16-17-18-19-20-21-22-23-25-27-29-31-36(38)44-34(33-43-45(39,40)41)32-42-35(37)30-28-26-24-12-10-8-6-4-2/h11,13,15-16,18-19,21-22,25,27,34H,3-10,12,14,17,20,23-24,26,28-33H2,1-2H3,(H2,39,40,41)/b13-11+,16-15+,19-18+,22-21+,27-25+/t34-/m1/s1. The minimum Gasteiger partial charge on any atom is -0.462 e. The first kappa shape index (κ1) is 42.8. The average molecular weight is 653 g/mol. The number of hydrogen-bond donors (Lipinski definition) is 2. The van der Waals surface area contributed by atoms with Gasteiger partial charge in [0.2, 0.25) is 0 Å². The molecule has 0 aromatic heterocycles. The van der Waals surface area contributed by atoms with E-state index in [0.29, 0.717) is 12.8 Å². The zero-order chi connectivity index (χ0) is 33.3. The molecule has 8 nitrogen and oxygen atoms in total. The SMILES string of the molecule is CCCCC/C=C/C/C=C/C/C=C/C/C=C/C/C=C/CCC(=O)O[C@H](COC(=O)CCCCCCCCCC)COP(=O)(O)O. The molecule has 0 rings (SSSR count). The van der Waals surface area contributed by atoms with E-state index in [2.05, 4.69) is 67.0 Å². The van der Waals surface area contributed by atoms with Crippen molar-refractivity contribution in [2.75, 3.05) is 13.2 Å². The number of hydrogen-bond acceptors (Lipinski definition) is 6. The Hall–Kier alpha value is -2.25. The summed E-state index contributed by atoms with van der Waals surface area (Å²) in [6.07, 6.45) is 38.3. The van der Waals surface area contributed by atoms with Crippen LogP contribution in [0, 0.1) is 0 Å². The third-order valence-electron chi connectivity index (χ3n) is 6.80. The zero-order valence-electron chi connectivity index (χ0n) is 28.0. The second-order valence-corrected chi connectivity index (χ2v) is 12.4. The quantitative estimate of drug-likeness (QED) is 0.0341. The topological polar surface area (TPSA) is 119 Å². The lowest BCUT2D eigenvalue weighted by atomic mass is 10.1. The van der Waals surface area contributed by atoms with Gasteiger partial charge in [-0.2, -0.15) is 0 Å². The summed E-state index contributed by atoms with van der Waals surface area (Å²) in [7, 11) is -4.76. The van der Waals surface area contributed by atoms with Crippen LogP contribution in [0.25, 0.3) is 0 Å². The number of unbranched alkanes of at least 4 members (excludes halogenated alkanes) is 10. The Kier molecular flexibility index (Phi) is 30.1. The number of allylic oxidation sites excluding steroid dienone is 10. The summed E-state index contributed by atoms with van der Waals surface area (Å²) in [6, 6.07) is 0. The highest BCUT2D eigenvalue weighted by Gasteiger charge is 2.22. The second-order valence-electron chi connectivity index (χ2n) is 11.1. The Morgan fingerprint density at radius 3 is 1.58 bits per heavy atom. The fourth-order valence-corrected chi connectivity index (χ4v) is 4.60. The van der Waals surface area contributed by atoms with Gasteiger partial charge in [0.15, 0.2) is 6.10 Å². The minimum atomic E-state index is -4.76. The molecule has 0 heterocycles. The molecule has 0 aliphatic rings. The summed E-state index contributed by atoms with van der Waals surface area (Å²) in [5, 5.41) is 0. The molecule has 0 saturated heterocycles. The predicted molar refractivity (Wildman–Crippen MR) is 184 cm³/mol. The number of esters is 2. The molecule has 0 aromatic rings. The van der Waals surface area contributed by atoms with Crippen molar-refractivity contribution in [2.24, 2.45) is 0 Å². The molecule has 0 saturated carbocycles. The number of carbonyl (C=O) groups is 2. The van der Waals surface area contributed by atoms with Crippen LogP contribution in [-0.4, -0.2) is 41.0 Å². The Morgan fingerprint density at radius 1 is 0.578 bits per heavy atom. The van der Waals surface area contributed by atoms with Gasteiger partial charge in [-0.1, -0.05) is 132 Å². The fourth-order valence-electron chi connectivity index (χ4n) is 4.24. The lowest BCUT2D eigenvalue weighted by Gasteiger charge is -2.18. The maximum absolute atomic E-state index is 12.3. The van der Waals surface area contributed by atoms with Crippen LogP contribution in [0.1, 0.15) is 136 Å². The smallest absolute Gasteiger partial charge is 0.462 e. The molecule has 0 amide bonds. The lowest BCUT2D eigenvalue weighted by molar-refractivity contribution is -0.161. The van der Waals surface area contributed by atoms with Gasteiger partial charge in [-0.25, -0.2) is 4.57 Å². The molecule has 258 valence electrons. The molecule has 45 heavy (non-hydrogen) atoms. The van der Waals surface area contributed by atoms with Crippen LogP contribution in [0.4, 0.5) is 0 Å². The fraction of sp³-hybridized carbons (Fsp3) is 0.667. The van der Waals surface area contributed by atoms with Gasteiger partial charge in [0.25, 0.3) is 0 Å².